The van der Waals surface area contributed by atoms with Crippen LogP contribution in [0.15, 0.2) is 105 Å². The van der Waals surface area contributed by atoms with Crippen molar-refractivity contribution in [2.45, 2.75) is 31.8 Å². The van der Waals surface area contributed by atoms with Crippen molar-refractivity contribution in [1.82, 2.24) is 58.0 Å². The van der Waals surface area contributed by atoms with E-state index in [1.807, 2.05) is 46.6 Å². The second kappa shape index (κ2) is 18.7. The number of hydrogen-bond donors (Lipinski definition) is 4. The molecule has 0 saturated carbocycles. The van der Waals surface area contributed by atoms with Crippen LogP contribution in [0.2, 0.25) is 0 Å². The van der Waals surface area contributed by atoms with E-state index in [1.54, 1.807) is 46.3 Å². The third-order valence-electron chi connectivity index (χ3n) is 11.4. The Morgan fingerprint density at radius 1 is 0.672 bits per heavy atom. The first-order chi connectivity index (χ1) is 32.5. The van der Waals surface area contributed by atoms with Crippen molar-refractivity contribution in [3.8, 4) is 22.5 Å². The van der Waals surface area contributed by atoms with Gasteiger partial charge in [0.25, 0.3) is 11.8 Å². The van der Waals surface area contributed by atoms with Gasteiger partial charge < -0.3 is 31.9 Å². The number of amides is 4. The monoisotopic (exact) mass is 934 g/mol. The number of carbonyl (C=O) groups excluding carboxylic acids is 4. The number of rotatable bonds is 10. The summed E-state index contributed by atoms with van der Waals surface area (Å²) < 4.78 is 11.8. The third kappa shape index (κ3) is 8.94. The molecule has 2 saturated heterocycles. The van der Waals surface area contributed by atoms with E-state index >= 15 is 0 Å². The van der Waals surface area contributed by atoms with Gasteiger partial charge in [0.2, 0.25) is 11.8 Å². The van der Waals surface area contributed by atoms with Gasteiger partial charge in [-0.3, -0.25) is 19.2 Å². The van der Waals surface area contributed by atoms with Crippen LogP contribution in [-0.4, -0.2) is 108 Å². The summed E-state index contributed by atoms with van der Waals surface area (Å²) in [6, 6.07) is 17.7. The minimum absolute atomic E-state index is 0.0380. The minimum atomic E-state index is -0.220. The van der Waals surface area contributed by atoms with Crippen LogP contribution in [0.25, 0.3) is 44.6 Å². The summed E-state index contributed by atoms with van der Waals surface area (Å²) in [4.78, 5) is 69.8. The SMILES string of the molecule is C=CC(=O)N1CCC(n2nc(-c3ccc(C(=O)Nc4cc(C)ns4)cc3)c3c(N)ncnc32)C1.C=CC(=O)N1CCC(n2nc(-c3ccc(C(=O)Nc4ccns4)cc3)c3c(N)ncnc32)C1. The average molecular weight is 935 g/mol. The summed E-state index contributed by atoms with van der Waals surface area (Å²) in [6.07, 6.45) is 8.59. The number of hydrogen-bond acceptors (Lipinski definition) is 16. The second-order valence-electron chi connectivity index (χ2n) is 15.6. The van der Waals surface area contributed by atoms with Crippen LogP contribution < -0.4 is 22.1 Å². The van der Waals surface area contributed by atoms with Crippen molar-refractivity contribution in [2.24, 2.45) is 0 Å². The molecule has 0 bridgehead atoms. The number of fused-ring (bicyclic) bond motifs is 2. The number of carbonyl (C=O) groups is 4. The minimum Gasteiger partial charge on any atom is -0.383 e. The van der Waals surface area contributed by atoms with Crippen molar-refractivity contribution in [1.29, 1.82) is 0 Å². The Morgan fingerprint density at radius 2 is 1.15 bits per heavy atom. The standard InChI is InChI=1S/C23H22N8O2S.C22H20N8O2S/c1-3-18(32)30-9-8-16(11-30)31-22-19(21(24)25-12-26-22)20(28-31)14-4-6-15(7-5-14)23(33)27-17-10-13(2)29-34-17;1-2-17(31)29-10-8-15(11-29)30-21-18(20(23)24-12-25-21)19(28-30)13-3-5-14(6-4-13)22(32)27-16-7-9-26-33-16/h3-7,10,12,16H,1,8-9,11H2,2H3,(H,27,33)(H2,24,25,26);2-7,9,12,15H,1,8,10-11H2,(H,27,32)(H2,23,24,25). The number of benzene rings is 2. The van der Waals surface area contributed by atoms with E-state index in [-0.39, 0.29) is 35.7 Å². The van der Waals surface area contributed by atoms with Crippen LogP contribution in [0.4, 0.5) is 21.6 Å². The van der Waals surface area contributed by atoms with Gasteiger partial charge in [0.05, 0.1) is 28.6 Å². The van der Waals surface area contributed by atoms with Crippen LogP contribution >= 0.6 is 23.1 Å². The summed E-state index contributed by atoms with van der Waals surface area (Å²) in [6.45, 7) is 11.3. The van der Waals surface area contributed by atoms with Crippen LogP contribution in [0, 0.1) is 6.92 Å². The summed E-state index contributed by atoms with van der Waals surface area (Å²) in [5, 5.41) is 18.0. The smallest absolute Gasteiger partial charge is 0.256 e. The van der Waals surface area contributed by atoms with E-state index in [4.69, 9.17) is 21.7 Å². The molecule has 20 nitrogen and oxygen atoms in total. The molecule has 2 fully saturated rings. The molecule has 4 amide bonds. The Morgan fingerprint density at radius 3 is 1.57 bits per heavy atom. The van der Waals surface area contributed by atoms with Crippen LogP contribution in [0.3, 0.4) is 0 Å². The normalized spacial score (nSPS) is 15.6. The number of aromatic nitrogens is 10. The van der Waals surface area contributed by atoms with Crippen molar-refractivity contribution < 1.29 is 19.2 Å². The molecule has 338 valence electrons. The summed E-state index contributed by atoms with van der Waals surface area (Å²) >= 11 is 2.46. The fourth-order valence-corrected chi connectivity index (χ4v) is 9.23. The first-order valence-corrected chi connectivity index (χ1v) is 22.5. The Hall–Kier alpha value is -8.24. The number of anilines is 4. The molecular formula is C45H42N16O4S2. The maximum atomic E-state index is 12.6. The van der Waals surface area contributed by atoms with E-state index in [0.717, 1.165) is 29.7 Å². The predicted octanol–water partition coefficient (Wildman–Crippen LogP) is 5.80. The summed E-state index contributed by atoms with van der Waals surface area (Å²) in [5.74, 6) is 0.00970. The lowest BCUT2D eigenvalue weighted by Crippen LogP contribution is -2.27. The lowest BCUT2D eigenvalue weighted by Gasteiger charge is -2.14. The molecule has 2 atom stereocenters. The van der Waals surface area contributed by atoms with Crippen LogP contribution in [0.5, 0.6) is 0 Å². The van der Waals surface area contributed by atoms with Crippen LogP contribution in [0.1, 0.15) is 51.3 Å². The van der Waals surface area contributed by atoms with Crippen molar-refractivity contribution in [3.05, 3.63) is 122 Å². The van der Waals surface area contributed by atoms with Gasteiger partial charge in [0.15, 0.2) is 11.3 Å². The number of likely N-dealkylation sites (tertiary alicyclic amines) is 2. The lowest BCUT2D eigenvalue weighted by molar-refractivity contribution is -0.125. The van der Waals surface area contributed by atoms with Crippen LogP contribution in [-0.2, 0) is 9.59 Å². The summed E-state index contributed by atoms with van der Waals surface area (Å²) in [7, 11) is 0. The molecular weight excluding hydrogens is 893 g/mol. The fourth-order valence-electron chi connectivity index (χ4n) is 8.08. The molecule has 0 radical (unpaired) electrons. The number of nitrogens with two attached hydrogens (primary N) is 2. The van der Waals surface area contributed by atoms with E-state index in [9.17, 15) is 19.2 Å². The highest BCUT2D eigenvalue weighted by Gasteiger charge is 2.32. The zero-order valence-electron chi connectivity index (χ0n) is 35.9. The van der Waals surface area contributed by atoms with Gasteiger partial charge in [0.1, 0.15) is 45.7 Å². The predicted molar refractivity (Wildman–Crippen MR) is 256 cm³/mol. The molecule has 0 spiro atoms. The molecule has 67 heavy (non-hydrogen) atoms. The summed E-state index contributed by atoms with van der Waals surface area (Å²) in [5.41, 5.74) is 18.4. The number of nitrogens with zero attached hydrogens (tertiary/aromatic N) is 12. The highest BCUT2D eigenvalue weighted by molar-refractivity contribution is 7.10. The molecule has 22 heteroatoms. The molecule has 8 heterocycles. The first-order valence-electron chi connectivity index (χ1n) is 21.0. The van der Waals surface area contributed by atoms with E-state index in [0.29, 0.717) is 92.4 Å². The van der Waals surface area contributed by atoms with Gasteiger partial charge in [0, 0.05) is 54.6 Å². The van der Waals surface area contributed by atoms with E-state index in [2.05, 4.69) is 52.5 Å². The molecule has 10 rings (SSSR count). The largest absolute Gasteiger partial charge is 0.383 e. The Balaban J connectivity index is 0.000000168. The van der Waals surface area contributed by atoms with Gasteiger partial charge in [-0.25, -0.2) is 29.3 Å². The molecule has 6 N–H and O–H groups in total. The molecule has 2 aromatic carbocycles. The number of nitrogens with one attached hydrogen (secondary N) is 2. The maximum Gasteiger partial charge on any atom is 0.256 e. The van der Waals surface area contributed by atoms with Gasteiger partial charge in [-0.15, -0.1) is 0 Å². The molecule has 2 aliphatic heterocycles. The van der Waals surface area contributed by atoms with Gasteiger partial charge in [-0.05, 0) is 91.4 Å². The lowest BCUT2D eigenvalue weighted by atomic mass is 10.1. The zero-order valence-corrected chi connectivity index (χ0v) is 37.6. The number of nitrogen functional groups attached to an aromatic ring is 2. The quantitative estimate of drug-likeness (QED) is 0.118. The Kier molecular flexibility index (Phi) is 12.3. The Bertz CT molecular complexity index is 3180. The highest BCUT2D eigenvalue weighted by atomic mass is 32.1. The first kappa shape index (κ1) is 44.0. The van der Waals surface area contributed by atoms with Gasteiger partial charge in [-0.1, -0.05) is 37.4 Å². The average Bonchev–Trinajstić information content (AvgIpc) is 4.22. The second-order valence-corrected chi connectivity index (χ2v) is 17.3. The fraction of sp³-hybridized carbons (Fsp3) is 0.200. The van der Waals surface area contributed by atoms with Crippen molar-refractivity contribution in [3.63, 3.8) is 0 Å². The molecule has 0 aliphatic carbocycles. The maximum absolute atomic E-state index is 12.6. The molecule has 2 unspecified atom stereocenters. The van der Waals surface area contributed by atoms with Crippen molar-refractivity contribution >= 4 is 90.4 Å². The highest BCUT2D eigenvalue weighted by Crippen LogP contribution is 2.36. The molecule has 8 aromatic rings. The Labute approximate surface area is 390 Å². The van der Waals surface area contributed by atoms with E-state index in [1.165, 1.54) is 47.9 Å². The third-order valence-corrected chi connectivity index (χ3v) is 12.9. The molecule has 2 aliphatic rings. The number of aryl methyl sites for hydroxylation is 1. The van der Waals surface area contributed by atoms with Gasteiger partial charge >= 0.3 is 0 Å². The van der Waals surface area contributed by atoms with Gasteiger partial charge in [-0.2, -0.15) is 18.9 Å². The zero-order chi connectivity index (χ0) is 46.8. The van der Waals surface area contributed by atoms with E-state index < -0.39 is 0 Å². The molecule has 6 aromatic heterocycles. The van der Waals surface area contributed by atoms with Crippen molar-refractivity contribution in [2.75, 3.05) is 48.3 Å². The topological polar surface area (TPSA) is 264 Å².